The molecule has 1 amide bonds. The van der Waals surface area contributed by atoms with Crippen LogP contribution in [0.3, 0.4) is 0 Å². The van der Waals surface area contributed by atoms with Crippen molar-refractivity contribution in [2.24, 2.45) is 0 Å². The van der Waals surface area contributed by atoms with Gasteiger partial charge in [0.25, 0.3) is 5.91 Å². The molecule has 120 valence electrons. The third-order valence-electron chi connectivity index (χ3n) is 3.59. The number of ether oxygens (including phenoxy) is 1. The molecule has 2 heterocycles. The van der Waals surface area contributed by atoms with Crippen molar-refractivity contribution in [1.82, 2.24) is 4.90 Å². The van der Waals surface area contributed by atoms with Crippen molar-refractivity contribution < 1.29 is 23.8 Å². The Bertz CT molecular complexity index is 742. The minimum atomic E-state index is -1.13. The van der Waals surface area contributed by atoms with E-state index in [1.54, 1.807) is 23.1 Å². The quantitative estimate of drug-likeness (QED) is 0.929. The highest BCUT2D eigenvalue weighted by molar-refractivity contribution is 6.30. The monoisotopic (exact) mass is 335 g/mol. The van der Waals surface area contributed by atoms with E-state index in [4.69, 9.17) is 25.9 Å². The van der Waals surface area contributed by atoms with Gasteiger partial charge in [-0.1, -0.05) is 17.7 Å². The predicted molar refractivity (Wildman–Crippen MR) is 82.1 cm³/mol. The first-order valence-corrected chi connectivity index (χ1v) is 7.44. The molecule has 1 atom stereocenters. The lowest BCUT2D eigenvalue weighted by atomic mass is 10.3. The lowest BCUT2D eigenvalue weighted by Crippen LogP contribution is -2.30. The summed E-state index contributed by atoms with van der Waals surface area (Å²) < 4.78 is 10.9. The smallest absolute Gasteiger partial charge is 0.338 e. The van der Waals surface area contributed by atoms with Gasteiger partial charge in [-0.05, 0) is 18.2 Å². The zero-order valence-electron chi connectivity index (χ0n) is 12.1. The molecule has 0 saturated carbocycles. The van der Waals surface area contributed by atoms with Crippen LogP contribution >= 0.6 is 11.6 Å². The summed E-state index contributed by atoms with van der Waals surface area (Å²) in [7, 11) is 0. The second-order valence-corrected chi connectivity index (χ2v) is 5.68. The molecule has 0 bridgehead atoms. The Kier molecular flexibility index (Phi) is 4.25. The molecule has 2 aromatic rings. The first-order valence-electron chi connectivity index (χ1n) is 7.06. The van der Waals surface area contributed by atoms with Gasteiger partial charge >= 0.3 is 5.97 Å². The fraction of sp³-hybridized carbons (Fsp3) is 0.250. The van der Waals surface area contributed by atoms with E-state index >= 15 is 0 Å². The number of carboxylic acids is 1. The Morgan fingerprint density at radius 1 is 1.35 bits per heavy atom. The minimum Gasteiger partial charge on any atom is -0.488 e. The third-order valence-corrected chi connectivity index (χ3v) is 3.82. The summed E-state index contributed by atoms with van der Waals surface area (Å²) in [5.41, 5.74) is -0.0423. The topological polar surface area (TPSA) is 80.0 Å². The Balaban J connectivity index is 1.62. The number of carbonyl (C=O) groups is 2. The van der Waals surface area contributed by atoms with Crippen molar-refractivity contribution in [3.05, 3.63) is 52.9 Å². The number of amides is 1. The number of carboxylic acid groups (broad SMARTS) is 1. The average molecular weight is 336 g/mol. The Morgan fingerprint density at radius 3 is 2.87 bits per heavy atom. The molecule has 7 heteroatoms. The lowest BCUT2D eigenvalue weighted by molar-refractivity contribution is 0.0694. The molecule has 3 rings (SSSR count). The number of likely N-dealkylation sites (tertiary alicyclic amines) is 1. The van der Waals surface area contributed by atoms with Gasteiger partial charge in [0, 0.05) is 24.1 Å². The molecular weight excluding hydrogens is 322 g/mol. The van der Waals surface area contributed by atoms with E-state index in [1.807, 2.05) is 6.07 Å². The van der Waals surface area contributed by atoms with Crippen LogP contribution in [0.2, 0.25) is 5.02 Å². The summed E-state index contributed by atoms with van der Waals surface area (Å²) in [5.74, 6) is -0.792. The van der Waals surface area contributed by atoms with Crippen molar-refractivity contribution in [1.29, 1.82) is 0 Å². The Labute approximate surface area is 137 Å². The van der Waals surface area contributed by atoms with Crippen LogP contribution < -0.4 is 4.74 Å². The van der Waals surface area contributed by atoms with Crippen LogP contribution in [0.1, 0.15) is 27.3 Å². The van der Waals surface area contributed by atoms with Crippen LogP contribution in [-0.2, 0) is 0 Å². The van der Waals surface area contributed by atoms with Gasteiger partial charge in [-0.3, -0.25) is 4.79 Å². The van der Waals surface area contributed by atoms with Gasteiger partial charge in [-0.15, -0.1) is 0 Å². The SMILES string of the molecule is O=C(O)c1coc(C(=O)N2CCC(Oc3cccc(Cl)c3)C2)c1. The number of furan rings is 1. The second-order valence-electron chi connectivity index (χ2n) is 5.24. The first kappa shape index (κ1) is 15.4. The fourth-order valence-electron chi connectivity index (χ4n) is 2.46. The van der Waals surface area contributed by atoms with E-state index < -0.39 is 5.97 Å². The number of rotatable bonds is 4. The number of hydrogen-bond donors (Lipinski definition) is 1. The van der Waals surface area contributed by atoms with Crippen molar-refractivity contribution in [2.45, 2.75) is 12.5 Å². The summed E-state index contributed by atoms with van der Waals surface area (Å²) in [6.07, 6.45) is 1.61. The van der Waals surface area contributed by atoms with Gasteiger partial charge < -0.3 is 19.2 Å². The van der Waals surface area contributed by atoms with Gasteiger partial charge in [-0.25, -0.2) is 4.79 Å². The van der Waals surface area contributed by atoms with E-state index in [0.717, 1.165) is 6.26 Å². The maximum absolute atomic E-state index is 12.3. The number of aromatic carboxylic acids is 1. The number of carbonyl (C=O) groups excluding carboxylic acids is 1. The molecule has 1 unspecified atom stereocenters. The molecule has 1 N–H and O–H groups in total. The van der Waals surface area contributed by atoms with Crippen LogP contribution in [0, 0.1) is 0 Å². The molecule has 1 saturated heterocycles. The highest BCUT2D eigenvalue weighted by atomic mass is 35.5. The van der Waals surface area contributed by atoms with Crippen LogP contribution in [0.5, 0.6) is 5.75 Å². The summed E-state index contributed by atoms with van der Waals surface area (Å²) in [5, 5.41) is 9.45. The molecule has 23 heavy (non-hydrogen) atoms. The zero-order valence-corrected chi connectivity index (χ0v) is 12.8. The van der Waals surface area contributed by atoms with Crippen LogP contribution in [0.25, 0.3) is 0 Å². The maximum Gasteiger partial charge on any atom is 0.338 e. The van der Waals surface area contributed by atoms with Gasteiger partial charge in [0.15, 0.2) is 5.76 Å². The molecule has 1 aliphatic rings. The highest BCUT2D eigenvalue weighted by Gasteiger charge is 2.30. The number of hydrogen-bond acceptors (Lipinski definition) is 4. The molecule has 0 aliphatic carbocycles. The Morgan fingerprint density at radius 2 is 2.17 bits per heavy atom. The lowest BCUT2D eigenvalue weighted by Gasteiger charge is -2.16. The average Bonchev–Trinajstić information content (AvgIpc) is 3.15. The summed E-state index contributed by atoms with van der Waals surface area (Å²) in [6.45, 7) is 0.932. The third kappa shape index (κ3) is 3.48. The summed E-state index contributed by atoms with van der Waals surface area (Å²) in [6, 6.07) is 8.32. The van der Waals surface area contributed by atoms with Crippen LogP contribution in [-0.4, -0.2) is 41.1 Å². The number of benzene rings is 1. The first-order chi connectivity index (χ1) is 11.0. The van der Waals surface area contributed by atoms with Crippen LogP contribution in [0.15, 0.2) is 41.0 Å². The van der Waals surface area contributed by atoms with Crippen molar-refractivity contribution in [2.75, 3.05) is 13.1 Å². The molecule has 0 spiro atoms. The van der Waals surface area contributed by atoms with Gasteiger partial charge in [0.05, 0.1) is 12.1 Å². The second kappa shape index (κ2) is 6.34. The number of nitrogens with zero attached hydrogens (tertiary/aromatic N) is 1. The molecule has 6 nitrogen and oxygen atoms in total. The van der Waals surface area contributed by atoms with E-state index in [2.05, 4.69) is 0 Å². The normalized spacial score (nSPS) is 17.3. The van der Waals surface area contributed by atoms with Gasteiger partial charge in [-0.2, -0.15) is 0 Å². The zero-order chi connectivity index (χ0) is 16.4. The molecule has 1 aromatic carbocycles. The largest absolute Gasteiger partial charge is 0.488 e. The van der Waals surface area contributed by atoms with Gasteiger partial charge in [0.2, 0.25) is 0 Å². The molecule has 0 radical (unpaired) electrons. The van der Waals surface area contributed by atoms with E-state index in [9.17, 15) is 9.59 Å². The van der Waals surface area contributed by atoms with E-state index in [0.29, 0.717) is 30.3 Å². The standard InChI is InChI=1S/C16H14ClNO5/c17-11-2-1-3-12(7-11)23-13-4-5-18(8-13)15(19)14-6-10(9-22-14)16(20)21/h1-3,6-7,9,13H,4-5,8H2,(H,20,21). The molecular formula is C16H14ClNO5. The molecule has 1 aromatic heterocycles. The van der Waals surface area contributed by atoms with E-state index in [-0.39, 0.29) is 23.3 Å². The molecule has 1 fully saturated rings. The number of halogens is 1. The minimum absolute atomic E-state index is 0.0193. The van der Waals surface area contributed by atoms with Crippen molar-refractivity contribution in [3.63, 3.8) is 0 Å². The highest BCUT2D eigenvalue weighted by Crippen LogP contribution is 2.23. The predicted octanol–water partition coefficient (Wildman–Crippen LogP) is 2.92. The van der Waals surface area contributed by atoms with Crippen LogP contribution in [0.4, 0.5) is 0 Å². The maximum atomic E-state index is 12.3. The van der Waals surface area contributed by atoms with Gasteiger partial charge in [0.1, 0.15) is 18.1 Å². The Hall–Kier alpha value is -2.47. The fourth-order valence-corrected chi connectivity index (χ4v) is 2.64. The molecule has 1 aliphatic heterocycles. The van der Waals surface area contributed by atoms with Crippen molar-refractivity contribution >= 4 is 23.5 Å². The van der Waals surface area contributed by atoms with E-state index in [1.165, 1.54) is 6.07 Å². The van der Waals surface area contributed by atoms with Crippen molar-refractivity contribution in [3.8, 4) is 5.75 Å². The summed E-state index contributed by atoms with van der Waals surface area (Å²) in [4.78, 5) is 24.7. The summed E-state index contributed by atoms with van der Waals surface area (Å²) >= 11 is 5.91.